The average Bonchev–Trinajstić information content (AvgIpc) is 2.69. The summed E-state index contributed by atoms with van der Waals surface area (Å²) in [5, 5.41) is 2.59. The number of benzene rings is 1. The van der Waals surface area contributed by atoms with Gasteiger partial charge in [-0.2, -0.15) is 4.37 Å². The molecule has 0 aliphatic rings. The van der Waals surface area contributed by atoms with Crippen molar-refractivity contribution in [3.8, 4) is 5.75 Å². The van der Waals surface area contributed by atoms with Crippen molar-refractivity contribution in [2.45, 2.75) is 6.61 Å². The molecule has 2 aromatic rings. The number of nitrogens with zero attached hydrogens (tertiary/aromatic N) is 1. The van der Waals surface area contributed by atoms with Gasteiger partial charge in [0.15, 0.2) is 5.75 Å². The van der Waals surface area contributed by atoms with Crippen LogP contribution < -0.4 is 4.74 Å². The second-order valence-corrected chi connectivity index (χ2v) is 3.80. The molecule has 0 aliphatic carbocycles. The van der Waals surface area contributed by atoms with Crippen molar-refractivity contribution in [1.29, 1.82) is 0 Å². The summed E-state index contributed by atoms with van der Waals surface area (Å²) in [4.78, 5) is 0. The Morgan fingerprint density at radius 1 is 1.36 bits per heavy atom. The van der Waals surface area contributed by atoms with E-state index in [0.29, 0.717) is 6.61 Å². The Morgan fingerprint density at radius 3 is 2.93 bits per heavy atom. The molecular formula is C10H8ClNOS. The molecule has 1 aromatic carbocycles. The predicted octanol–water partition coefficient (Wildman–Crippen LogP) is 3.38. The summed E-state index contributed by atoms with van der Waals surface area (Å²) in [6, 6.07) is 7.64. The van der Waals surface area contributed by atoms with Crippen LogP contribution in [0.4, 0.5) is 0 Å². The van der Waals surface area contributed by atoms with Crippen LogP contribution in [0.3, 0.4) is 0 Å². The molecule has 0 bridgehead atoms. The Bertz CT molecular complexity index is 402. The third-order valence-electron chi connectivity index (χ3n) is 1.76. The van der Waals surface area contributed by atoms with Gasteiger partial charge in [-0.1, -0.05) is 29.8 Å². The lowest BCUT2D eigenvalue weighted by Gasteiger charge is -2.04. The van der Waals surface area contributed by atoms with E-state index in [9.17, 15) is 0 Å². The Hall–Kier alpha value is -1.06. The quantitative estimate of drug-likeness (QED) is 0.799. The van der Waals surface area contributed by atoms with Gasteiger partial charge in [-0.05, 0) is 17.6 Å². The first-order valence-corrected chi connectivity index (χ1v) is 5.33. The van der Waals surface area contributed by atoms with Gasteiger partial charge in [0.25, 0.3) is 0 Å². The first-order chi connectivity index (χ1) is 6.86. The summed E-state index contributed by atoms with van der Waals surface area (Å²) < 4.78 is 9.42. The SMILES string of the molecule is Clc1ccccc1COc1cnsc1. The van der Waals surface area contributed by atoms with E-state index < -0.39 is 0 Å². The highest BCUT2D eigenvalue weighted by atomic mass is 35.5. The number of rotatable bonds is 3. The van der Waals surface area contributed by atoms with Gasteiger partial charge in [0.05, 0.1) is 11.6 Å². The van der Waals surface area contributed by atoms with Gasteiger partial charge < -0.3 is 4.74 Å². The molecule has 72 valence electrons. The second kappa shape index (κ2) is 4.44. The maximum absolute atomic E-state index is 5.97. The fourth-order valence-electron chi connectivity index (χ4n) is 1.04. The van der Waals surface area contributed by atoms with E-state index in [1.165, 1.54) is 11.5 Å². The van der Waals surface area contributed by atoms with Crippen molar-refractivity contribution >= 4 is 23.1 Å². The average molecular weight is 226 g/mol. The minimum Gasteiger partial charge on any atom is -0.486 e. The van der Waals surface area contributed by atoms with Crippen LogP contribution >= 0.6 is 23.1 Å². The summed E-state index contributed by atoms with van der Waals surface area (Å²) in [5.41, 5.74) is 0.986. The normalized spacial score (nSPS) is 10.1. The summed E-state index contributed by atoms with van der Waals surface area (Å²) in [7, 11) is 0. The molecule has 0 unspecified atom stereocenters. The Kier molecular flexibility index (Phi) is 3.01. The van der Waals surface area contributed by atoms with Crippen LogP contribution in [0.15, 0.2) is 35.8 Å². The van der Waals surface area contributed by atoms with Gasteiger partial charge in [0, 0.05) is 10.6 Å². The van der Waals surface area contributed by atoms with E-state index in [4.69, 9.17) is 16.3 Å². The largest absolute Gasteiger partial charge is 0.486 e. The molecule has 14 heavy (non-hydrogen) atoms. The molecule has 0 saturated heterocycles. The zero-order valence-electron chi connectivity index (χ0n) is 7.31. The lowest BCUT2D eigenvalue weighted by atomic mass is 10.2. The number of ether oxygens (including phenoxy) is 1. The summed E-state index contributed by atoms with van der Waals surface area (Å²) >= 11 is 7.34. The third-order valence-corrected chi connectivity index (χ3v) is 2.70. The Labute approximate surface area is 91.3 Å². The van der Waals surface area contributed by atoms with Crippen LogP contribution in [0.25, 0.3) is 0 Å². The Morgan fingerprint density at radius 2 is 2.21 bits per heavy atom. The number of hydrogen-bond acceptors (Lipinski definition) is 3. The lowest BCUT2D eigenvalue weighted by molar-refractivity contribution is 0.307. The first-order valence-electron chi connectivity index (χ1n) is 4.12. The Balaban J connectivity index is 2.02. The van der Waals surface area contributed by atoms with Gasteiger partial charge >= 0.3 is 0 Å². The van der Waals surface area contributed by atoms with Gasteiger partial charge in [-0.3, -0.25) is 0 Å². The molecule has 0 radical (unpaired) electrons. The van der Waals surface area contributed by atoms with Crippen molar-refractivity contribution in [2.24, 2.45) is 0 Å². The summed E-state index contributed by atoms with van der Waals surface area (Å²) in [6.45, 7) is 0.484. The monoisotopic (exact) mass is 225 g/mol. The molecule has 4 heteroatoms. The topological polar surface area (TPSA) is 22.1 Å². The zero-order valence-corrected chi connectivity index (χ0v) is 8.89. The predicted molar refractivity (Wildman–Crippen MR) is 57.9 cm³/mol. The molecule has 0 atom stereocenters. The molecule has 0 spiro atoms. The summed E-state index contributed by atoms with van der Waals surface area (Å²) in [6.07, 6.45) is 1.70. The smallest absolute Gasteiger partial charge is 0.150 e. The minimum absolute atomic E-state index is 0.484. The molecule has 1 aromatic heterocycles. The van der Waals surface area contributed by atoms with Crippen LogP contribution in [0, 0.1) is 0 Å². The van der Waals surface area contributed by atoms with Crippen LogP contribution in [0.5, 0.6) is 5.75 Å². The molecule has 2 rings (SSSR count). The number of aromatic nitrogens is 1. The number of hydrogen-bond donors (Lipinski definition) is 0. The first kappa shape index (κ1) is 9.49. The molecule has 1 heterocycles. The highest BCUT2D eigenvalue weighted by Gasteiger charge is 2.00. The van der Waals surface area contributed by atoms with E-state index >= 15 is 0 Å². The third kappa shape index (κ3) is 2.25. The molecule has 0 fully saturated rings. The molecule has 0 N–H and O–H groups in total. The van der Waals surface area contributed by atoms with E-state index in [2.05, 4.69) is 4.37 Å². The van der Waals surface area contributed by atoms with Crippen molar-refractivity contribution in [3.05, 3.63) is 46.4 Å². The highest BCUT2D eigenvalue weighted by molar-refractivity contribution is 7.03. The van der Waals surface area contributed by atoms with Gasteiger partial charge in [0.2, 0.25) is 0 Å². The fourth-order valence-corrected chi connectivity index (χ4v) is 1.69. The van der Waals surface area contributed by atoms with Crippen LogP contribution in [-0.2, 0) is 6.61 Å². The van der Waals surface area contributed by atoms with E-state index in [0.717, 1.165) is 16.3 Å². The van der Waals surface area contributed by atoms with Crippen LogP contribution in [0.1, 0.15) is 5.56 Å². The molecule has 2 nitrogen and oxygen atoms in total. The maximum Gasteiger partial charge on any atom is 0.150 e. The second-order valence-electron chi connectivity index (χ2n) is 2.74. The van der Waals surface area contributed by atoms with E-state index in [1.807, 2.05) is 29.6 Å². The van der Waals surface area contributed by atoms with Gasteiger partial charge in [0.1, 0.15) is 6.61 Å². The molecular weight excluding hydrogens is 218 g/mol. The molecule has 0 amide bonds. The van der Waals surface area contributed by atoms with Crippen molar-refractivity contribution < 1.29 is 4.74 Å². The van der Waals surface area contributed by atoms with Crippen molar-refractivity contribution in [1.82, 2.24) is 4.37 Å². The minimum atomic E-state index is 0.484. The lowest BCUT2D eigenvalue weighted by Crippen LogP contribution is -1.94. The molecule has 0 aliphatic heterocycles. The summed E-state index contributed by atoms with van der Waals surface area (Å²) in [5.74, 6) is 0.787. The maximum atomic E-state index is 5.97. The van der Waals surface area contributed by atoms with Crippen LogP contribution in [-0.4, -0.2) is 4.37 Å². The molecule has 0 saturated carbocycles. The van der Waals surface area contributed by atoms with E-state index in [-0.39, 0.29) is 0 Å². The van der Waals surface area contributed by atoms with Crippen LogP contribution in [0.2, 0.25) is 5.02 Å². The highest BCUT2D eigenvalue weighted by Crippen LogP contribution is 2.18. The van der Waals surface area contributed by atoms with Crippen molar-refractivity contribution in [2.75, 3.05) is 0 Å². The van der Waals surface area contributed by atoms with Crippen molar-refractivity contribution in [3.63, 3.8) is 0 Å². The zero-order chi connectivity index (χ0) is 9.80. The van der Waals surface area contributed by atoms with Gasteiger partial charge in [-0.15, -0.1) is 0 Å². The van der Waals surface area contributed by atoms with Gasteiger partial charge in [-0.25, -0.2) is 0 Å². The number of halogens is 1. The van der Waals surface area contributed by atoms with E-state index in [1.54, 1.807) is 6.20 Å². The standard InChI is InChI=1S/C10H8ClNOS/c11-10-4-2-1-3-8(10)6-13-9-5-12-14-7-9/h1-5,7H,6H2. The fraction of sp³-hybridized carbons (Fsp3) is 0.100.